The van der Waals surface area contributed by atoms with Crippen molar-refractivity contribution in [1.82, 2.24) is 34.3 Å². The Labute approximate surface area is 210 Å². The van der Waals surface area contributed by atoms with Gasteiger partial charge < -0.3 is 5.32 Å². The highest BCUT2D eigenvalue weighted by molar-refractivity contribution is 9.10. The SMILES string of the molecule is Cc1nn(C)c(C)c1-c1cc(C(=O)Nc2cnn(Cc3ccc(Br)cc3)c2)c2c(C)nn(C)c2n1. The molecule has 0 fully saturated rings. The van der Waals surface area contributed by atoms with Gasteiger partial charge in [0.2, 0.25) is 0 Å². The fraction of sp³-hybridized carbons (Fsp3) is 0.240. The summed E-state index contributed by atoms with van der Waals surface area (Å²) in [5.41, 5.74) is 7.10. The molecule has 0 bridgehead atoms. The standard InChI is InChI=1S/C25H25BrN8O/c1-14-22(16(3)32(4)30-14)21-10-20(23-15(2)31-33(5)24(23)29-21)25(35)28-19-11-27-34(13-19)12-17-6-8-18(26)9-7-17/h6-11,13H,12H2,1-5H3,(H,28,35). The number of benzene rings is 1. The molecule has 0 saturated carbocycles. The number of carbonyl (C=O) groups excluding carboxylic acids is 1. The summed E-state index contributed by atoms with van der Waals surface area (Å²) in [7, 11) is 3.74. The number of nitrogens with zero attached hydrogens (tertiary/aromatic N) is 7. The Hall–Kier alpha value is -3.79. The van der Waals surface area contributed by atoms with Gasteiger partial charge in [0.25, 0.3) is 5.91 Å². The predicted molar refractivity (Wildman–Crippen MR) is 138 cm³/mol. The molecule has 0 aliphatic rings. The van der Waals surface area contributed by atoms with Crippen molar-refractivity contribution in [3.63, 3.8) is 0 Å². The van der Waals surface area contributed by atoms with E-state index < -0.39 is 0 Å². The number of carbonyl (C=O) groups is 1. The summed E-state index contributed by atoms with van der Waals surface area (Å²) in [6.45, 7) is 6.43. The Bertz CT molecular complexity index is 1580. The number of pyridine rings is 1. The maximum atomic E-state index is 13.5. The molecule has 4 heterocycles. The highest BCUT2D eigenvalue weighted by Crippen LogP contribution is 2.30. The second kappa shape index (κ2) is 8.77. The maximum absolute atomic E-state index is 13.5. The lowest BCUT2D eigenvalue weighted by atomic mass is 10.0. The third kappa shape index (κ3) is 4.25. The van der Waals surface area contributed by atoms with Gasteiger partial charge in [-0.1, -0.05) is 28.1 Å². The van der Waals surface area contributed by atoms with Crippen LogP contribution in [-0.4, -0.2) is 40.2 Å². The molecule has 10 heteroatoms. The Morgan fingerprint density at radius 1 is 1.03 bits per heavy atom. The smallest absolute Gasteiger partial charge is 0.256 e. The van der Waals surface area contributed by atoms with Crippen LogP contribution >= 0.6 is 15.9 Å². The Morgan fingerprint density at radius 2 is 1.74 bits per heavy atom. The van der Waals surface area contributed by atoms with Crippen LogP contribution in [0.5, 0.6) is 0 Å². The molecule has 35 heavy (non-hydrogen) atoms. The van der Waals surface area contributed by atoms with Gasteiger partial charge in [0.15, 0.2) is 5.65 Å². The minimum absolute atomic E-state index is 0.239. The maximum Gasteiger partial charge on any atom is 0.256 e. The first kappa shape index (κ1) is 23.0. The Morgan fingerprint density at radius 3 is 2.43 bits per heavy atom. The minimum atomic E-state index is -0.239. The number of nitrogens with one attached hydrogen (secondary N) is 1. The average Bonchev–Trinajstić information content (AvgIpc) is 3.45. The fourth-order valence-corrected chi connectivity index (χ4v) is 4.65. The molecule has 1 N–H and O–H groups in total. The number of aryl methyl sites for hydroxylation is 4. The van der Waals surface area contributed by atoms with Gasteiger partial charge in [-0.25, -0.2) is 4.98 Å². The molecule has 5 aromatic rings. The number of aromatic nitrogens is 7. The van der Waals surface area contributed by atoms with Crippen molar-refractivity contribution < 1.29 is 4.79 Å². The molecule has 0 spiro atoms. The zero-order valence-corrected chi connectivity index (χ0v) is 21.8. The van der Waals surface area contributed by atoms with Crippen molar-refractivity contribution >= 4 is 38.6 Å². The summed E-state index contributed by atoms with van der Waals surface area (Å²) in [6.07, 6.45) is 3.48. The number of anilines is 1. The van der Waals surface area contributed by atoms with Crippen LogP contribution in [0.2, 0.25) is 0 Å². The number of halogens is 1. The van der Waals surface area contributed by atoms with Crippen molar-refractivity contribution in [2.45, 2.75) is 27.3 Å². The molecule has 1 amide bonds. The average molecular weight is 533 g/mol. The summed E-state index contributed by atoms with van der Waals surface area (Å²) < 4.78 is 6.36. The van der Waals surface area contributed by atoms with E-state index in [0.29, 0.717) is 29.1 Å². The Kier molecular flexibility index (Phi) is 5.76. The number of rotatable bonds is 5. The molecule has 0 atom stereocenters. The van der Waals surface area contributed by atoms with Gasteiger partial charge in [-0.2, -0.15) is 15.3 Å². The van der Waals surface area contributed by atoms with Crippen LogP contribution in [0.3, 0.4) is 0 Å². The topological polar surface area (TPSA) is 95.5 Å². The van der Waals surface area contributed by atoms with Crippen molar-refractivity contribution in [3.05, 3.63) is 75.4 Å². The lowest BCUT2D eigenvalue weighted by Crippen LogP contribution is -2.13. The van der Waals surface area contributed by atoms with E-state index in [-0.39, 0.29) is 5.91 Å². The third-order valence-corrected chi connectivity index (χ3v) is 6.66. The molecule has 178 valence electrons. The molecule has 4 aromatic heterocycles. The summed E-state index contributed by atoms with van der Waals surface area (Å²) in [5.74, 6) is -0.239. The number of hydrogen-bond donors (Lipinski definition) is 1. The molecule has 0 saturated heterocycles. The first-order chi connectivity index (χ1) is 16.7. The third-order valence-electron chi connectivity index (χ3n) is 6.13. The van der Waals surface area contributed by atoms with E-state index in [2.05, 4.69) is 36.5 Å². The lowest BCUT2D eigenvalue weighted by Gasteiger charge is -2.09. The first-order valence-electron chi connectivity index (χ1n) is 11.1. The zero-order valence-electron chi connectivity index (χ0n) is 20.2. The normalized spacial score (nSPS) is 11.4. The van der Waals surface area contributed by atoms with Crippen molar-refractivity contribution in [2.24, 2.45) is 14.1 Å². The van der Waals surface area contributed by atoms with Crippen LogP contribution in [0, 0.1) is 20.8 Å². The van der Waals surface area contributed by atoms with E-state index in [1.807, 2.05) is 76.1 Å². The van der Waals surface area contributed by atoms with Crippen LogP contribution in [0.15, 0.2) is 47.2 Å². The van der Waals surface area contributed by atoms with Crippen molar-refractivity contribution in [2.75, 3.05) is 5.32 Å². The molecule has 0 aliphatic carbocycles. The van der Waals surface area contributed by atoms with Crippen LogP contribution in [0.4, 0.5) is 5.69 Å². The minimum Gasteiger partial charge on any atom is -0.319 e. The largest absolute Gasteiger partial charge is 0.319 e. The number of amides is 1. The molecule has 0 unspecified atom stereocenters. The van der Waals surface area contributed by atoms with Gasteiger partial charge in [0, 0.05) is 36.0 Å². The van der Waals surface area contributed by atoms with E-state index in [1.54, 1.807) is 15.6 Å². The van der Waals surface area contributed by atoms with Crippen LogP contribution in [0.25, 0.3) is 22.3 Å². The molecular formula is C25H25BrN8O. The summed E-state index contributed by atoms with van der Waals surface area (Å²) in [5, 5.41) is 17.2. The van der Waals surface area contributed by atoms with E-state index in [1.165, 1.54) is 0 Å². The molecule has 0 radical (unpaired) electrons. The van der Waals surface area contributed by atoms with Crippen LogP contribution in [-0.2, 0) is 20.6 Å². The van der Waals surface area contributed by atoms with Crippen molar-refractivity contribution in [3.8, 4) is 11.3 Å². The van der Waals surface area contributed by atoms with Gasteiger partial charge >= 0.3 is 0 Å². The second-order valence-electron chi connectivity index (χ2n) is 8.64. The van der Waals surface area contributed by atoms with Crippen LogP contribution < -0.4 is 5.32 Å². The lowest BCUT2D eigenvalue weighted by molar-refractivity contribution is 0.102. The number of fused-ring (bicyclic) bond motifs is 1. The van der Waals surface area contributed by atoms with Crippen molar-refractivity contribution in [1.29, 1.82) is 0 Å². The molecule has 1 aromatic carbocycles. The zero-order chi connectivity index (χ0) is 24.9. The van der Waals surface area contributed by atoms with E-state index in [4.69, 9.17) is 4.98 Å². The molecule has 0 aliphatic heterocycles. The molecule has 5 rings (SSSR count). The fourth-order valence-electron chi connectivity index (χ4n) is 4.39. The van der Waals surface area contributed by atoms with E-state index >= 15 is 0 Å². The molecule has 9 nitrogen and oxygen atoms in total. The summed E-state index contributed by atoms with van der Waals surface area (Å²) in [6, 6.07) is 9.89. The van der Waals surface area contributed by atoms with Gasteiger partial charge in [-0.05, 0) is 44.5 Å². The van der Waals surface area contributed by atoms with E-state index in [0.717, 1.165) is 38.1 Å². The quantitative estimate of drug-likeness (QED) is 0.358. The van der Waals surface area contributed by atoms with Gasteiger partial charge in [-0.3, -0.25) is 18.8 Å². The first-order valence-corrected chi connectivity index (χ1v) is 11.9. The monoisotopic (exact) mass is 532 g/mol. The van der Waals surface area contributed by atoms with E-state index in [9.17, 15) is 4.79 Å². The van der Waals surface area contributed by atoms with Crippen LogP contribution in [0.1, 0.15) is 33.0 Å². The van der Waals surface area contributed by atoms with Gasteiger partial charge in [0.05, 0.1) is 46.5 Å². The molecular weight excluding hydrogens is 508 g/mol. The predicted octanol–water partition coefficient (Wildman–Crippen LogP) is 4.55. The van der Waals surface area contributed by atoms with Gasteiger partial charge in [0.1, 0.15) is 0 Å². The highest BCUT2D eigenvalue weighted by Gasteiger charge is 2.22. The van der Waals surface area contributed by atoms with Gasteiger partial charge in [-0.15, -0.1) is 0 Å². The highest BCUT2D eigenvalue weighted by atomic mass is 79.9. The summed E-state index contributed by atoms with van der Waals surface area (Å²) >= 11 is 3.45. The second-order valence-corrected chi connectivity index (χ2v) is 9.55. The number of hydrogen-bond acceptors (Lipinski definition) is 5. The summed E-state index contributed by atoms with van der Waals surface area (Å²) in [4.78, 5) is 18.4. The Balaban J connectivity index is 1.50.